The van der Waals surface area contributed by atoms with E-state index in [1.807, 2.05) is 11.3 Å². The van der Waals surface area contributed by atoms with Crippen LogP contribution in [-0.2, 0) is 6.42 Å². The average Bonchev–Trinajstić information content (AvgIpc) is 2.78. The van der Waals surface area contributed by atoms with Gasteiger partial charge in [0.1, 0.15) is 0 Å². The molecule has 0 aromatic carbocycles. The van der Waals surface area contributed by atoms with E-state index in [9.17, 15) is 0 Å². The Kier molecular flexibility index (Phi) is 4.92. The highest BCUT2D eigenvalue weighted by Gasteiger charge is 2.23. The summed E-state index contributed by atoms with van der Waals surface area (Å²) < 4.78 is 1.46. The molecule has 1 nitrogen and oxygen atoms in total. The van der Waals surface area contributed by atoms with Gasteiger partial charge in [-0.2, -0.15) is 11.8 Å². The molecule has 1 aromatic heterocycles. The Hall–Kier alpha value is 0.740. The zero-order valence-electron chi connectivity index (χ0n) is 10.6. The van der Waals surface area contributed by atoms with Gasteiger partial charge < -0.3 is 5.32 Å². The summed E-state index contributed by atoms with van der Waals surface area (Å²) in [5.74, 6) is 3.67. The van der Waals surface area contributed by atoms with Crippen LogP contribution >= 0.6 is 45.7 Å². The maximum Gasteiger partial charge on any atom is 0.0659 e. The van der Waals surface area contributed by atoms with Crippen molar-refractivity contribution in [3.05, 3.63) is 19.4 Å². The summed E-state index contributed by atoms with van der Waals surface area (Å²) in [5.41, 5.74) is 1.61. The predicted molar refractivity (Wildman–Crippen MR) is 90.8 cm³/mol. The van der Waals surface area contributed by atoms with Crippen LogP contribution in [0.25, 0.3) is 0 Å². The van der Waals surface area contributed by atoms with Gasteiger partial charge in [-0.3, -0.25) is 0 Å². The van der Waals surface area contributed by atoms with Gasteiger partial charge in [0, 0.05) is 10.9 Å². The minimum Gasteiger partial charge on any atom is -0.310 e. The molecule has 1 N–H and O–H groups in total. The number of thioether (sulfide) groups is 1. The molecule has 1 aliphatic carbocycles. The molecular weight excluding hydrogens is 373 g/mol. The van der Waals surface area contributed by atoms with Crippen molar-refractivity contribution in [1.29, 1.82) is 0 Å². The number of nitrogens with one attached hydrogen (secondary N) is 1. The monoisotopic (exact) mass is 393 g/mol. The predicted octanol–water partition coefficient (Wildman–Crippen LogP) is 4.46. The number of hydrogen-bond donors (Lipinski definition) is 1. The van der Waals surface area contributed by atoms with Gasteiger partial charge in [-0.1, -0.05) is 0 Å². The Morgan fingerprint density at radius 3 is 2.94 bits per heavy atom. The lowest BCUT2D eigenvalue weighted by molar-refractivity contribution is 0.386. The van der Waals surface area contributed by atoms with Crippen molar-refractivity contribution in [2.24, 2.45) is 5.92 Å². The lowest BCUT2D eigenvalue weighted by Crippen LogP contribution is -2.30. The van der Waals surface area contributed by atoms with Crippen molar-refractivity contribution < 1.29 is 0 Å². The molecule has 0 radical (unpaired) electrons. The molecule has 100 valence electrons. The van der Waals surface area contributed by atoms with Crippen molar-refractivity contribution in [2.45, 2.75) is 38.1 Å². The Bertz CT molecular complexity index is 398. The molecule has 0 spiro atoms. The van der Waals surface area contributed by atoms with E-state index in [0.29, 0.717) is 6.04 Å². The van der Waals surface area contributed by atoms with E-state index < -0.39 is 0 Å². The van der Waals surface area contributed by atoms with Crippen LogP contribution in [0.4, 0.5) is 0 Å². The molecule has 18 heavy (non-hydrogen) atoms. The highest BCUT2D eigenvalue weighted by atomic mass is 127. The number of rotatable bonds is 3. The normalized spacial score (nSPS) is 25.1. The first-order valence-corrected chi connectivity index (χ1v) is 9.97. The van der Waals surface area contributed by atoms with Crippen LogP contribution in [0.3, 0.4) is 0 Å². The zero-order chi connectivity index (χ0) is 12.4. The van der Waals surface area contributed by atoms with Crippen LogP contribution < -0.4 is 5.32 Å². The molecule has 0 bridgehead atoms. The fraction of sp³-hybridized carbons (Fsp3) is 0.714. The molecule has 1 aliphatic heterocycles. The van der Waals surface area contributed by atoms with Crippen LogP contribution in [0.15, 0.2) is 6.07 Å². The van der Waals surface area contributed by atoms with Crippen molar-refractivity contribution in [3.63, 3.8) is 0 Å². The largest absolute Gasteiger partial charge is 0.310 e. The minimum atomic E-state index is 0.642. The lowest BCUT2D eigenvalue weighted by Gasteiger charge is -2.28. The maximum atomic E-state index is 3.85. The average molecular weight is 393 g/mol. The third-order valence-corrected chi connectivity index (χ3v) is 7.10. The zero-order valence-corrected chi connectivity index (χ0v) is 14.4. The Balaban J connectivity index is 1.59. The Morgan fingerprint density at radius 1 is 1.28 bits per heavy atom. The second-order valence-electron chi connectivity index (χ2n) is 5.34. The van der Waals surface area contributed by atoms with E-state index >= 15 is 0 Å². The molecule has 1 fully saturated rings. The second-order valence-corrected chi connectivity index (χ2v) is 9.59. The van der Waals surface area contributed by atoms with Gasteiger partial charge in [0.15, 0.2) is 0 Å². The minimum absolute atomic E-state index is 0.642. The number of halogens is 1. The molecule has 2 aliphatic rings. The summed E-state index contributed by atoms with van der Waals surface area (Å²) in [7, 11) is 0. The van der Waals surface area contributed by atoms with Crippen LogP contribution in [0.1, 0.15) is 42.2 Å². The molecular formula is C14H20INS2. The Morgan fingerprint density at radius 2 is 2.11 bits per heavy atom. The highest BCUT2D eigenvalue weighted by molar-refractivity contribution is 14.1. The van der Waals surface area contributed by atoms with Gasteiger partial charge in [-0.05, 0) is 90.3 Å². The summed E-state index contributed by atoms with van der Waals surface area (Å²) in [5, 5.41) is 3.85. The molecule has 2 heterocycles. The van der Waals surface area contributed by atoms with E-state index in [0.717, 1.165) is 5.92 Å². The maximum absolute atomic E-state index is 3.85. The SMILES string of the molecule is Ic1cc2c(s1)CCCC2NCC1CCSCC1. The van der Waals surface area contributed by atoms with Gasteiger partial charge in [0.2, 0.25) is 0 Å². The van der Waals surface area contributed by atoms with Crippen LogP contribution in [-0.4, -0.2) is 18.1 Å². The van der Waals surface area contributed by atoms with Gasteiger partial charge in [-0.15, -0.1) is 11.3 Å². The van der Waals surface area contributed by atoms with E-state index in [1.165, 1.54) is 53.0 Å². The Labute approximate surface area is 132 Å². The molecule has 1 atom stereocenters. The quantitative estimate of drug-likeness (QED) is 0.761. The van der Waals surface area contributed by atoms with Gasteiger partial charge in [0.05, 0.1) is 2.88 Å². The summed E-state index contributed by atoms with van der Waals surface area (Å²) in [6.45, 7) is 1.23. The number of hydrogen-bond acceptors (Lipinski definition) is 3. The van der Waals surface area contributed by atoms with Crippen molar-refractivity contribution >= 4 is 45.7 Å². The summed E-state index contributed by atoms with van der Waals surface area (Å²) in [4.78, 5) is 1.64. The van der Waals surface area contributed by atoms with Gasteiger partial charge in [-0.25, -0.2) is 0 Å². The van der Waals surface area contributed by atoms with E-state index in [-0.39, 0.29) is 0 Å². The second kappa shape index (κ2) is 6.46. The van der Waals surface area contributed by atoms with Crippen molar-refractivity contribution in [1.82, 2.24) is 5.32 Å². The first kappa shape index (κ1) is 13.7. The number of fused-ring (bicyclic) bond motifs is 1. The summed E-state index contributed by atoms with van der Waals surface area (Å²) in [6.07, 6.45) is 6.83. The third kappa shape index (κ3) is 3.25. The molecule has 0 amide bonds. The first-order valence-electron chi connectivity index (χ1n) is 6.92. The first-order chi connectivity index (χ1) is 8.83. The third-order valence-electron chi connectivity index (χ3n) is 4.08. The molecule has 1 saturated heterocycles. The van der Waals surface area contributed by atoms with E-state index in [2.05, 4.69) is 45.7 Å². The highest BCUT2D eigenvalue weighted by Crippen LogP contribution is 2.36. The summed E-state index contributed by atoms with van der Waals surface area (Å²) >= 11 is 6.59. The van der Waals surface area contributed by atoms with Crippen LogP contribution in [0, 0.1) is 8.80 Å². The molecule has 1 aromatic rings. The topological polar surface area (TPSA) is 12.0 Å². The molecule has 3 rings (SSSR count). The fourth-order valence-corrected chi connectivity index (χ4v) is 6.32. The van der Waals surface area contributed by atoms with Crippen LogP contribution in [0.2, 0.25) is 0 Å². The molecule has 0 saturated carbocycles. The number of thiophene rings is 1. The number of aryl methyl sites for hydroxylation is 1. The standard InChI is InChI=1S/C14H20INS2/c15-14-8-11-12(2-1-3-13(11)18-14)16-9-10-4-6-17-7-5-10/h8,10,12,16H,1-7,9H2. The van der Waals surface area contributed by atoms with Crippen LogP contribution in [0.5, 0.6) is 0 Å². The smallest absolute Gasteiger partial charge is 0.0659 e. The van der Waals surface area contributed by atoms with E-state index in [4.69, 9.17) is 0 Å². The van der Waals surface area contributed by atoms with Crippen molar-refractivity contribution in [3.8, 4) is 0 Å². The van der Waals surface area contributed by atoms with Gasteiger partial charge in [0.25, 0.3) is 0 Å². The summed E-state index contributed by atoms with van der Waals surface area (Å²) in [6, 6.07) is 3.05. The molecule has 4 heteroatoms. The lowest BCUT2D eigenvalue weighted by atomic mass is 9.93. The van der Waals surface area contributed by atoms with Crippen molar-refractivity contribution in [2.75, 3.05) is 18.1 Å². The molecule has 1 unspecified atom stereocenters. The fourth-order valence-electron chi connectivity index (χ4n) is 2.99. The van der Waals surface area contributed by atoms with E-state index in [1.54, 1.807) is 10.4 Å². The van der Waals surface area contributed by atoms with Gasteiger partial charge >= 0.3 is 0 Å².